The zero-order valence-corrected chi connectivity index (χ0v) is 18.4. The van der Waals surface area contributed by atoms with Gasteiger partial charge in [-0.3, -0.25) is 4.79 Å². The van der Waals surface area contributed by atoms with E-state index in [0.29, 0.717) is 31.0 Å². The fourth-order valence-corrected chi connectivity index (χ4v) is 4.05. The molecule has 0 aliphatic carbocycles. The van der Waals surface area contributed by atoms with Crippen LogP contribution in [0, 0.1) is 0 Å². The Labute approximate surface area is 178 Å². The Morgan fingerprint density at radius 3 is 2.45 bits per heavy atom. The van der Waals surface area contributed by atoms with Gasteiger partial charge in [0.2, 0.25) is 5.91 Å². The summed E-state index contributed by atoms with van der Waals surface area (Å²) in [6.45, 7) is 8.53. The molecule has 2 aliphatic rings. The number of rotatable bonds is 4. The van der Waals surface area contributed by atoms with Crippen molar-refractivity contribution in [2.45, 2.75) is 58.5 Å². The molecule has 1 aromatic carbocycles. The summed E-state index contributed by atoms with van der Waals surface area (Å²) >= 11 is 6.24. The molecule has 1 saturated heterocycles. The van der Waals surface area contributed by atoms with Crippen molar-refractivity contribution >= 4 is 29.2 Å². The second-order valence-corrected chi connectivity index (χ2v) is 9.23. The number of carbonyl (C=O) groups is 2. The van der Waals surface area contributed by atoms with Gasteiger partial charge in [-0.15, -0.1) is 0 Å². The molecule has 5 nitrogen and oxygen atoms in total. The summed E-state index contributed by atoms with van der Waals surface area (Å²) in [5.41, 5.74) is 2.94. The number of nitrogens with zero attached hydrogens (tertiary/aromatic N) is 2. The van der Waals surface area contributed by atoms with Gasteiger partial charge in [-0.05, 0) is 75.3 Å². The van der Waals surface area contributed by atoms with Crippen LogP contribution in [-0.2, 0) is 16.0 Å². The van der Waals surface area contributed by atoms with Gasteiger partial charge >= 0.3 is 6.09 Å². The number of halogens is 1. The Morgan fingerprint density at radius 2 is 1.83 bits per heavy atom. The molecule has 2 heterocycles. The van der Waals surface area contributed by atoms with Gasteiger partial charge in [0.1, 0.15) is 5.60 Å². The van der Waals surface area contributed by atoms with E-state index in [-0.39, 0.29) is 12.0 Å². The van der Waals surface area contributed by atoms with Gasteiger partial charge in [-0.25, -0.2) is 4.79 Å². The Balaban J connectivity index is 1.67. The van der Waals surface area contributed by atoms with Gasteiger partial charge in [0.15, 0.2) is 0 Å². The first kappa shape index (κ1) is 21.7. The van der Waals surface area contributed by atoms with E-state index >= 15 is 0 Å². The highest BCUT2D eigenvalue weighted by Crippen LogP contribution is 2.29. The zero-order chi connectivity index (χ0) is 21.0. The minimum atomic E-state index is -0.494. The van der Waals surface area contributed by atoms with Crippen molar-refractivity contribution in [2.75, 3.05) is 26.2 Å². The SMILES string of the molecule is CC(C)(C)OC(=O)N1CC=C(c2ccc(Cl)cc2CCC(=O)N2CCCC2)CC1. The average Bonchev–Trinajstić information content (AvgIpc) is 3.20. The van der Waals surface area contributed by atoms with E-state index in [0.717, 1.165) is 43.5 Å². The van der Waals surface area contributed by atoms with Crippen molar-refractivity contribution in [3.63, 3.8) is 0 Å². The maximum absolute atomic E-state index is 12.4. The third-order valence-electron chi connectivity index (χ3n) is 5.34. The summed E-state index contributed by atoms with van der Waals surface area (Å²) < 4.78 is 5.47. The quantitative estimate of drug-likeness (QED) is 0.697. The lowest BCUT2D eigenvalue weighted by molar-refractivity contribution is -0.130. The Hall–Kier alpha value is -2.01. The van der Waals surface area contributed by atoms with E-state index in [9.17, 15) is 9.59 Å². The molecule has 0 bridgehead atoms. The van der Waals surface area contributed by atoms with Crippen LogP contribution >= 0.6 is 11.6 Å². The molecule has 1 fully saturated rings. The highest BCUT2D eigenvalue weighted by Gasteiger charge is 2.25. The van der Waals surface area contributed by atoms with Crippen LogP contribution < -0.4 is 0 Å². The molecule has 0 atom stereocenters. The van der Waals surface area contributed by atoms with E-state index in [1.807, 2.05) is 43.9 Å². The minimum absolute atomic E-state index is 0.224. The third kappa shape index (κ3) is 5.99. The van der Waals surface area contributed by atoms with Gasteiger partial charge in [0, 0.05) is 37.6 Å². The second kappa shape index (κ2) is 9.21. The summed E-state index contributed by atoms with van der Waals surface area (Å²) in [5, 5.41) is 0.684. The lowest BCUT2D eigenvalue weighted by atomic mass is 9.92. The predicted octanol–water partition coefficient (Wildman–Crippen LogP) is 4.92. The summed E-state index contributed by atoms with van der Waals surface area (Å²) in [7, 11) is 0. The molecule has 0 radical (unpaired) electrons. The van der Waals surface area contributed by atoms with Gasteiger partial charge in [0.25, 0.3) is 0 Å². The highest BCUT2D eigenvalue weighted by atomic mass is 35.5. The van der Waals surface area contributed by atoms with Crippen LogP contribution in [0.25, 0.3) is 5.57 Å². The van der Waals surface area contributed by atoms with Crippen molar-refractivity contribution in [3.8, 4) is 0 Å². The number of hydrogen-bond donors (Lipinski definition) is 0. The van der Waals surface area contributed by atoms with Crippen LogP contribution in [0.15, 0.2) is 24.3 Å². The molecular weight excluding hydrogens is 388 g/mol. The smallest absolute Gasteiger partial charge is 0.410 e. The van der Waals surface area contributed by atoms with Crippen LogP contribution in [0.1, 0.15) is 57.6 Å². The molecule has 3 rings (SSSR count). The lowest BCUT2D eigenvalue weighted by Gasteiger charge is -2.30. The Morgan fingerprint density at radius 1 is 1.10 bits per heavy atom. The van der Waals surface area contributed by atoms with E-state index in [4.69, 9.17) is 16.3 Å². The minimum Gasteiger partial charge on any atom is -0.444 e. The maximum atomic E-state index is 12.4. The molecule has 0 saturated carbocycles. The summed E-state index contributed by atoms with van der Waals surface area (Å²) in [6, 6.07) is 5.89. The van der Waals surface area contributed by atoms with Gasteiger partial charge < -0.3 is 14.5 Å². The molecule has 29 heavy (non-hydrogen) atoms. The zero-order valence-electron chi connectivity index (χ0n) is 17.7. The molecule has 6 heteroatoms. The van der Waals surface area contributed by atoms with Crippen LogP contribution in [0.5, 0.6) is 0 Å². The summed E-state index contributed by atoms with van der Waals surface area (Å²) in [5.74, 6) is 0.224. The van der Waals surface area contributed by atoms with Crippen molar-refractivity contribution in [1.82, 2.24) is 9.80 Å². The van der Waals surface area contributed by atoms with E-state index in [2.05, 4.69) is 6.08 Å². The molecule has 158 valence electrons. The molecule has 0 spiro atoms. The van der Waals surface area contributed by atoms with Gasteiger partial charge in [-0.1, -0.05) is 23.7 Å². The fourth-order valence-electron chi connectivity index (χ4n) is 3.85. The molecule has 0 unspecified atom stereocenters. The molecule has 1 aromatic rings. The molecular formula is C23H31ClN2O3. The first-order valence-electron chi connectivity index (χ1n) is 10.5. The molecule has 0 N–H and O–H groups in total. The monoisotopic (exact) mass is 418 g/mol. The van der Waals surface area contributed by atoms with E-state index < -0.39 is 5.60 Å². The lowest BCUT2D eigenvalue weighted by Crippen LogP contribution is -2.39. The third-order valence-corrected chi connectivity index (χ3v) is 5.58. The fraction of sp³-hybridized carbons (Fsp3) is 0.565. The number of likely N-dealkylation sites (tertiary alicyclic amines) is 1. The predicted molar refractivity (Wildman–Crippen MR) is 116 cm³/mol. The number of ether oxygens (including phenoxy) is 1. The van der Waals surface area contributed by atoms with Crippen molar-refractivity contribution in [2.24, 2.45) is 0 Å². The number of hydrogen-bond acceptors (Lipinski definition) is 3. The topological polar surface area (TPSA) is 49.9 Å². The van der Waals surface area contributed by atoms with E-state index in [1.165, 1.54) is 5.57 Å². The van der Waals surface area contributed by atoms with Crippen molar-refractivity contribution < 1.29 is 14.3 Å². The standard InChI is InChI=1S/C23H31ClN2O3/c1-23(2,3)29-22(28)26-14-10-17(11-15-26)20-8-7-19(24)16-18(20)6-9-21(27)25-12-4-5-13-25/h7-8,10,16H,4-6,9,11-15H2,1-3H3. The van der Waals surface area contributed by atoms with Crippen LogP contribution in [0.2, 0.25) is 5.02 Å². The normalized spacial score (nSPS) is 17.3. The first-order chi connectivity index (χ1) is 13.7. The first-order valence-corrected chi connectivity index (χ1v) is 10.8. The van der Waals surface area contributed by atoms with Gasteiger partial charge in [0.05, 0.1) is 0 Å². The Bertz CT molecular complexity index is 792. The number of benzene rings is 1. The van der Waals surface area contributed by atoms with Crippen molar-refractivity contribution in [1.29, 1.82) is 0 Å². The van der Waals surface area contributed by atoms with E-state index in [1.54, 1.807) is 4.90 Å². The average molecular weight is 419 g/mol. The summed E-state index contributed by atoms with van der Waals surface area (Å²) in [6.07, 6.45) is 5.96. The number of carbonyl (C=O) groups excluding carboxylic acids is 2. The Kier molecular flexibility index (Phi) is 6.89. The van der Waals surface area contributed by atoms with Gasteiger partial charge in [-0.2, -0.15) is 0 Å². The maximum Gasteiger partial charge on any atom is 0.410 e. The van der Waals surface area contributed by atoms with Crippen LogP contribution in [0.4, 0.5) is 4.79 Å². The molecule has 0 aromatic heterocycles. The van der Waals surface area contributed by atoms with Crippen molar-refractivity contribution in [3.05, 3.63) is 40.4 Å². The number of amides is 2. The largest absolute Gasteiger partial charge is 0.444 e. The molecule has 2 amide bonds. The highest BCUT2D eigenvalue weighted by molar-refractivity contribution is 6.30. The second-order valence-electron chi connectivity index (χ2n) is 8.80. The summed E-state index contributed by atoms with van der Waals surface area (Å²) in [4.78, 5) is 28.4. The molecule has 2 aliphatic heterocycles. The van der Waals surface area contributed by atoms with Crippen LogP contribution in [0.3, 0.4) is 0 Å². The van der Waals surface area contributed by atoms with Crippen LogP contribution in [-0.4, -0.2) is 53.6 Å². The number of aryl methyl sites for hydroxylation is 1.